The molecule has 0 fully saturated rings. The molecular formula is C21H27N5O. The molecular weight excluding hydrogens is 338 g/mol. The van der Waals surface area contributed by atoms with Crippen LogP contribution in [0.25, 0.3) is 0 Å². The third-order valence-electron chi connectivity index (χ3n) is 4.54. The minimum absolute atomic E-state index is 0.0244. The zero-order valence-electron chi connectivity index (χ0n) is 16.4. The Balaban J connectivity index is 1.59. The van der Waals surface area contributed by atoms with Crippen molar-refractivity contribution in [2.75, 3.05) is 5.32 Å². The van der Waals surface area contributed by atoms with E-state index in [-0.39, 0.29) is 11.3 Å². The van der Waals surface area contributed by atoms with Crippen molar-refractivity contribution in [3.8, 4) is 0 Å². The van der Waals surface area contributed by atoms with Gasteiger partial charge in [0.25, 0.3) is 0 Å². The summed E-state index contributed by atoms with van der Waals surface area (Å²) in [5.41, 5.74) is 3.64. The van der Waals surface area contributed by atoms with Crippen LogP contribution < -0.4 is 5.32 Å². The normalized spacial score (nSPS) is 11.6. The van der Waals surface area contributed by atoms with Crippen LogP contribution in [-0.2, 0) is 30.2 Å². The van der Waals surface area contributed by atoms with Crippen molar-refractivity contribution < 1.29 is 4.79 Å². The van der Waals surface area contributed by atoms with Crippen LogP contribution in [0, 0.1) is 0 Å². The average Bonchev–Trinajstić information content (AvgIpc) is 3.22. The number of hydrogen-bond donors (Lipinski definition) is 1. The molecule has 2 aromatic heterocycles. The van der Waals surface area contributed by atoms with Crippen LogP contribution in [0.2, 0.25) is 0 Å². The van der Waals surface area contributed by atoms with Crippen LogP contribution in [-0.4, -0.2) is 25.5 Å². The molecule has 6 heteroatoms. The quantitative estimate of drug-likeness (QED) is 0.727. The lowest BCUT2D eigenvalue weighted by atomic mass is 9.87. The van der Waals surface area contributed by atoms with Gasteiger partial charge < -0.3 is 5.32 Å². The highest BCUT2D eigenvalue weighted by atomic mass is 16.1. The Morgan fingerprint density at radius 3 is 2.44 bits per heavy atom. The maximum Gasteiger partial charge on any atom is 0.225 e. The molecule has 0 saturated heterocycles. The number of aryl methyl sites for hydroxylation is 2. The smallest absolute Gasteiger partial charge is 0.225 e. The van der Waals surface area contributed by atoms with E-state index < -0.39 is 0 Å². The van der Waals surface area contributed by atoms with Crippen molar-refractivity contribution in [1.82, 2.24) is 19.6 Å². The third kappa shape index (κ3) is 5.06. The number of nitrogens with one attached hydrogen (secondary N) is 1. The molecule has 0 bridgehead atoms. The predicted molar refractivity (Wildman–Crippen MR) is 107 cm³/mol. The van der Waals surface area contributed by atoms with Crippen LogP contribution in [0.5, 0.6) is 0 Å². The van der Waals surface area contributed by atoms with Crippen LogP contribution in [0.3, 0.4) is 0 Å². The average molecular weight is 365 g/mol. The van der Waals surface area contributed by atoms with E-state index in [2.05, 4.69) is 60.6 Å². The van der Waals surface area contributed by atoms with E-state index in [4.69, 9.17) is 0 Å². The SMILES string of the molecule is Cn1cc(CCC(=O)Nc2ccnn2Cc2ccc(C(C)(C)C)cc2)cn1. The van der Waals surface area contributed by atoms with Gasteiger partial charge in [-0.25, -0.2) is 4.68 Å². The second-order valence-corrected chi connectivity index (χ2v) is 7.89. The molecule has 0 unspecified atom stereocenters. The van der Waals surface area contributed by atoms with Gasteiger partial charge in [0.15, 0.2) is 0 Å². The van der Waals surface area contributed by atoms with E-state index in [9.17, 15) is 4.79 Å². The standard InChI is InChI=1S/C21H27N5O/c1-21(2,3)18-8-5-16(6-9-18)15-26-19(11-12-22-26)24-20(27)10-7-17-13-23-25(4)14-17/h5-6,8-9,11-14H,7,10,15H2,1-4H3,(H,24,27). The molecule has 1 N–H and O–H groups in total. The minimum Gasteiger partial charge on any atom is -0.311 e. The Kier molecular flexibility index (Phi) is 5.44. The van der Waals surface area contributed by atoms with Gasteiger partial charge in [-0.3, -0.25) is 9.48 Å². The van der Waals surface area contributed by atoms with Crippen molar-refractivity contribution >= 4 is 11.7 Å². The fourth-order valence-corrected chi connectivity index (χ4v) is 2.91. The third-order valence-corrected chi connectivity index (χ3v) is 4.54. The summed E-state index contributed by atoms with van der Waals surface area (Å²) < 4.78 is 3.56. The summed E-state index contributed by atoms with van der Waals surface area (Å²) >= 11 is 0. The first-order valence-corrected chi connectivity index (χ1v) is 9.20. The highest BCUT2D eigenvalue weighted by Crippen LogP contribution is 2.22. The van der Waals surface area contributed by atoms with Crippen LogP contribution in [0.1, 0.15) is 43.9 Å². The number of rotatable bonds is 6. The molecule has 1 amide bonds. The second-order valence-electron chi connectivity index (χ2n) is 7.89. The van der Waals surface area contributed by atoms with Gasteiger partial charge in [-0.15, -0.1) is 0 Å². The summed E-state index contributed by atoms with van der Waals surface area (Å²) in [4.78, 5) is 12.3. The predicted octanol–water partition coefficient (Wildman–Crippen LogP) is 3.53. The van der Waals surface area contributed by atoms with Crippen LogP contribution in [0.15, 0.2) is 48.9 Å². The number of carbonyl (C=O) groups excluding carboxylic acids is 1. The molecule has 1 aromatic carbocycles. The topological polar surface area (TPSA) is 64.7 Å². The molecule has 142 valence electrons. The van der Waals surface area contributed by atoms with E-state index in [0.29, 0.717) is 25.2 Å². The van der Waals surface area contributed by atoms with Crippen LogP contribution in [0.4, 0.5) is 5.82 Å². The van der Waals surface area contributed by atoms with Gasteiger partial charge in [-0.1, -0.05) is 45.0 Å². The molecule has 0 atom stereocenters. The van der Waals surface area contributed by atoms with Gasteiger partial charge in [0.05, 0.1) is 18.9 Å². The summed E-state index contributed by atoms with van der Waals surface area (Å²) in [6, 6.07) is 10.4. The van der Waals surface area contributed by atoms with Gasteiger partial charge in [-0.05, 0) is 28.5 Å². The van der Waals surface area contributed by atoms with Gasteiger partial charge in [0.2, 0.25) is 5.91 Å². The Morgan fingerprint density at radius 2 is 1.81 bits per heavy atom. The highest BCUT2D eigenvalue weighted by Gasteiger charge is 2.13. The van der Waals surface area contributed by atoms with E-state index in [1.165, 1.54) is 5.56 Å². The fourth-order valence-electron chi connectivity index (χ4n) is 2.91. The number of hydrogen-bond acceptors (Lipinski definition) is 3. The molecule has 0 aliphatic carbocycles. The lowest BCUT2D eigenvalue weighted by Gasteiger charge is -2.19. The molecule has 0 aliphatic heterocycles. The largest absolute Gasteiger partial charge is 0.311 e. The van der Waals surface area contributed by atoms with Crippen molar-refractivity contribution in [2.45, 2.75) is 45.6 Å². The van der Waals surface area contributed by atoms with E-state index in [1.54, 1.807) is 17.1 Å². The zero-order chi connectivity index (χ0) is 19.4. The van der Waals surface area contributed by atoms with E-state index in [1.807, 2.05) is 24.0 Å². The first-order valence-electron chi connectivity index (χ1n) is 9.20. The van der Waals surface area contributed by atoms with Gasteiger partial charge in [0.1, 0.15) is 5.82 Å². The molecule has 0 spiro atoms. The monoisotopic (exact) mass is 365 g/mol. The molecule has 0 aliphatic rings. The highest BCUT2D eigenvalue weighted by molar-refractivity contribution is 5.89. The number of amides is 1. The number of nitrogens with zero attached hydrogens (tertiary/aromatic N) is 4. The summed E-state index contributed by atoms with van der Waals surface area (Å²) in [5, 5.41) is 11.4. The minimum atomic E-state index is -0.0244. The van der Waals surface area contributed by atoms with Crippen molar-refractivity contribution in [1.29, 1.82) is 0 Å². The summed E-state index contributed by atoms with van der Waals surface area (Å²) in [5.74, 6) is 0.690. The van der Waals surface area contributed by atoms with Crippen molar-refractivity contribution in [3.05, 3.63) is 65.6 Å². The summed E-state index contributed by atoms with van der Waals surface area (Å²) in [6.45, 7) is 7.23. The Hall–Kier alpha value is -2.89. The molecule has 0 radical (unpaired) electrons. The Bertz CT molecular complexity index is 899. The van der Waals surface area contributed by atoms with Gasteiger partial charge in [-0.2, -0.15) is 10.2 Å². The number of aromatic nitrogens is 4. The molecule has 3 rings (SSSR count). The number of carbonyl (C=O) groups is 1. The molecule has 3 aromatic rings. The Labute approximate surface area is 160 Å². The molecule has 0 saturated carbocycles. The maximum atomic E-state index is 12.3. The summed E-state index contributed by atoms with van der Waals surface area (Å²) in [6.07, 6.45) is 6.51. The lowest BCUT2D eigenvalue weighted by Crippen LogP contribution is -2.16. The number of benzene rings is 1. The maximum absolute atomic E-state index is 12.3. The van der Waals surface area contributed by atoms with Crippen molar-refractivity contribution in [2.24, 2.45) is 7.05 Å². The first-order chi connectivity index (χ1) is 12.8. The van der Waals surface area contributed by atoms with Crippen molar-refractivity contribution in [3.63, 3.8) is 0 Å². The van der Waals surface area contributed by atoms with Crippen LogP contribution >= 0.6 is 0 Å². The van der Waals surface area contributed by atoms with E-state index >= 15 is 0 Å². The summed E-state index contributed by atoms with van der Waals surface area (Å²) in [7, 11) is 1.87. The van der Waals surface area contributed by atoms with Gasteiger partial charge in [0, 0.05) is 25.7 Å². The fraction of sp³-hybridized carbons (Fsp3) is 0.381. The zero-order valence-corrected chi connectivity index (χ0v) is 16.4. The number of anilines is 1. The molecule has 6 nitrogen and oxygen atoms in total. The molecule has 27 heavy (non-hydrogen) atoms. The molecule has 2 heterocycles. The second kappa shape index (κ2) is 7.78. The first kappa shape index (κ1) is 18.9. The Morgan fingerprint density at radius 1 is 1.07 bits per heavy atom. The van der Waals surface area contributed by atoms with E-state index in [0.717, 1.165) is 11.1 Å². The lowest BCUT2D eigenvalue weighted by molar-refractivity contribution is -0.116. The van der Waals surface area contributed by atoms with Gasteiger partial charge >= 0.3 is 0 Å².